The van der Waals surface area contributed by atoms with Gasteiger partial charge in [-0.05, 0) is 24.8 Å². The summed E-state index contributed by atoms with van der Waals surface area (Å²) in [5.41, 5.74) is 5.58. The first kappa shape index (κ1) is 13.8. The molecule has 1 aliphatic carbocycles. The van der Waals surface area contributed by atoms with Gasteiger partial charge in [-0.3, -0.25) is 14.9 Å². The van der Waals surface area contributed by atoms with Crippen LogP contribution in [0.2, 0.25) is 5.02 Å². The highest BCUT2D eigenvalue weighted by atomic mass is 35.5. The second-order valence-corrected chi connectivity index (χ2v) is 5.04. The van der Waals surface area contributed by atoms with E-state index in [1.165, 1.54) is 18.2 Å². The quantitative estimate of drug-likeness (QED) is 0.635. The normalized spacial score (nSPS) is 15.9. The molecule has 3 N–H and O–H groups in total. The van der Waals surface area contributed by atoms with E-state index in [-0.39, 0.29) is 28.2 Å². The molecule has 0 spiro atoms. The maximum atomic E-state index is 12.0. The molecule has 6 nitrogen and oxygen atoms in total. The molecule has 1 atom stereocenters. The molecule has 19 heavy (non-hydrogen) atoms. The topological polar surface area (TPSA) is 98.3 Å². The maximum absolute atomic E-state index is 12.0. The maximum Gasteiger partial charge on any atom is 0.271 e. The fraction of sp³-hybridized carbons (Fsp3) is 0.417. The highest BCUT2D eigenvalue weighted by Crippen LogP contribution is 2.32. The number of hydrogen-bond donors (Lipinski definition) is 2. The molecule has 1 fully saturated rings. The van der Waals surface area contributed by atoms with Crippen LogP contribution in [0.5, 0.6) is 0 Å². The number of rotatable bonds is 5. The van der Waals surface area contributed by atoms with Crippen LogP contribution in [0.15, 0.2) is 18.2 Å². The first-order valence-corrected chi connectivity index (χ1v) is 6.35. The van der Waals surface area contributed by atoms with E-state index in [9.17, 15) is 14.9 Å². The lowest BCUT2D eigenvalue weighted by atomic mass is 10.1. The zero-order valence-electron chi connectivity index (χ0n) is 10.1. The number of amides is 1. The third-order valence-corrected chi connectivity index (χ3v) is 3.34. The van der Waals surface area contributed by atoms with Gasteiger partial charge in [-0.15, -0.1) is 0 Å². The Morgan fingerprint density at radius 3 is 2.74 bits per heavy atom. The molecule has 0 aliphatic heterocycles. The van der Waals surface area contributed by atoms with Gasteiger partial charge in [0.25, 0.3) is 11.6 Å². The van der Waals surface area contributed by atoms with Gasteiger partial charge in [0.15, 0.2) is 0 Å². The first-order chi connectivity index (χ1) is 9.01. The number of non-ortho nitro benzene ring substituents is 1. The molecule has 1 aromatic carbocycles. The van der Waals surface area contributed by atoms with Crippen LogP contribution >= 0.6 is 11.6 Å². The summed E-state index contributed by atoms with van der Waals surface area (Å²) in [6.45, 7) is 0.360. The highest BCUT2D eigenvalue weighted by Gasteiger charge is 2.31. The number of halogens is 1. The summed E-state index contributed by atoms with van der Waals surface area (Å²) in [5.74, 6) is 0.0380. The predicted molar refractivity (Wildman–Crippen MR) is 71.1 cm³/mol. The van der Waals surface area contributed by atoms with Gasteiger partial charge in [0.05, 0.1) is 4.92 Å². The number of benzene rings is 1. The zero-order chi connectivity index (χ0) is 14.0. The van der Waals surface area contributed by atoms with Gasteiger partial charge in [-0.2, -0.15) is 0 Å². The molecule has 0 bridgehead atoms. The molecule has 102 valence electrons. The lowest BCUT2D eigenvalue weighted by Crippen LogP contribution is -2.41. The van der Waals surface area contributed by atoms with Crippen LogP contribution in [-0.2, 0) is 0 Å². The Bertz CT molecular complexity index is 517. The molecule has 1 aliphatic rings. The Kier molecular flexibility index (Phi) is 4.01. The molecule has 7 heteroatoms. The number of nitrogens with two attached hydrogens (primary N) is 1. The smallest absolute Gasteiger partial charge is 0.271 e. The summed E-state index contributed by atoms with van der Waals surface area (Å²) < 4.78 is 0. The Morgan fingerprint density at radius 1 is 1.53 bits per heavy atom. The fourth-order valence-corrected chi connectivity index (χ4v) is 2.16. The van der Waals surface area contributed by atoms with Gasteiger partial charge >= 0.3 is 0 Å². The van der Waals surface area contributed by atoms with Crippen LogP contribution < -0.4 is 11.1 Å². The van der Waals surface area contributed by atoms with Crippen LogP contribution in [0.25, 0.3) is 0 Å². The molecule has 1 amide bonds. The minimum Gasteiger partial charge on any atom is -0.348 e. The van der Waals surface area contributed by atoms with E-state index < -0.39 is 4.92 Å². The van der Waals surface area contributed by atoms with Crippen LogP contribution in [0.4, 0.5) is 5.69 Å². The van der Waals surface area contributed by atoms with Crippen LogP contribution in [0.3, 0.4) is 0 Å². The minimum absolute atomic E-state index is 0.0782. The van der Waals surface area contributed by atoms with E-state index >= 15 is 0 Å². The third-order valence-electron chi connectivity index (χ3n) is 3.12. The lowest BCUT2D eigenvalue weighted by Gasteiger charge is -2.15. The number of carbonyl (C=O) groups excluding carboxylic acids is 1. The molecule has 0 heterocycles. The van der Waals surface area contributed by atoms with Crippen molar-refractivity contribution in [1.82, 2.24) is 5.32 Å². The van der Waals surface area contributed by atoms with Crippen molar-refractivity contribution in [3.8, 4) is 0 Å². The molecule has 0 saturated heterocycles. The summed E-state index contributed by atoms with van der Waals surface area (Å²) in [5, 5.41) is 13.7. The summed E-state index contributed by atoms with van der Waals surface area (Å²) >= 11 is 5.77. The van der Waals surface area contributed by atoms with Crippen molar-refractivity contribution < 1.29 is 9.72 Å². The largest absolute Gasteiger partial charge is 0.348 e. The monoisotopic (exact) mass is 283 g/mol. The molecule has 0 aromatic heterocycles. The Balaban J connectivity index is 2.15. The lowest BCUT2D eigenvalue weighted by molar-refractivity contribution is -0.384. The average Bonchev–Trinajstić information content (AvgIpc) is 3.19. The Morgan fingerprint density at radius 2 is 2.21 bits per heavy atom. The summed E-state index contributed by atoms with van der Waals surface area (Å²) in [4.78, 5) is 22.2. The SMILES string of the molecule is NCC(NC(=O)c1cc(Cl)cc([N+](=O)[O-])c1)C1CC1. The van der Waals surface area contributed by atoms with E-state index in [2.05, 4.69) is 5.32 Å². The molecular formula is C12H14ClN3O3. The van der Waals surface area contributed by atoms with Gasteiger partial charge in [0.2, 0.25) is 0 Å². The number of nitrogens with one attached hydrogen (secondary N) is 1. The van der Waals surface area contributed by atoms with Gasteiger partial charge in [-0.25, -0.2) is 0 Å². The Labute approximate surface area is 115 Å². The predicted octanol–water partition coefficient (Wildman–Crippen LogP) is 1.72. The zero-order valence-corrected chi connectivity index (χ0v) is 10.9. The molecule has 1 saturated carbocycles. The molecule has 1 aromatic rings. The molecule has 0 radical (unpaired) electrons. The Hall–Kier alpha value is -1.66. The van der Waals surface area contributed by atoms with E-state index in [4.69, 9.17) is 17.3 Å². The van der Waals surface area contributed by atoms with Crippen LogP contribution in [0, 0.1) is 16.0 Å². The second kappa shape index (κ2) is 5.54. The van der Waals surface area contributed by atoms with Crippen LogP contribution in [0.1, 0.15) is 23.2 Å². The average molecular weight is 284 g/mol. The molecule has 2 rings (SSSR count). The van der Waals surface area contributed by atoms with E-state index in [1.54, 1.807) is 0 Å². The first-order valence-electron chi connectivity index (χ1n) is 5.97. The van der Waals surface area contributed by atoms with Crippen molar-refractivity contribution in [2.75, 3.05) is 6.54 Å². The number of carbonyl (C=O) groups is 1. The molecular weight excluding hydrogens is 270 g/mol. The van der Waals surface area contributed by atoms with Gasteiger partial charge in [0, 0.05) is 35.3 Å². The number of nitro groups is 1. The van der Waals surface area contributed by atoms with Crippen molar-refractivity contribution in [3.63, 3.8) is 0 Å². The summed E-state index contributed by atoms with van der Waals surface area (Å²) in [7, 11) is 0. The second-order valence-electron chi connectivity index (χ2n) is 4.61. The number of nitro benzene ring substituents is 1. The van der Waals surface area contributed by atoms with Gasteiger partial charge in [-0.1, -0.05) is 11.6 Å². The highest BCUT2D eigenvalue weighted by molar-refractivity contribution is 6.31. The summed E-state index contributed by atoms with van der Waals surface area (Å²) in [6, 6.07) is 3.75. The van der Waals surface area contributed by atoms with E-state index in [0.29, 0.717) is 12.5 Å². The van der Waals surface area contributed by atoms with Crippen molar-refractivity contribution >= 4 is 23.2 Å². The number of hydrogen-bond acceptors (Lipinski definition) is 4. The van der Waals surface area contributed by atoms with Gasteiger partial charge in [0.1, 0.15) is 0 Å². The summed E-state index contributed by atoms with van der Waals surface area (Å²) in [6.07, 6.45) is 2.11. The van der Waals surface area contributed by atoms with Crippen molar-refractivity contribution in [2.24, 2.45) is 11.7 Å². The van der Waals surface area contributed by atoms with Crippen LogP contribution in [-0.4, -0.2) is 23.4 Å². The van der Waals surface area contributed by atoms with Crippen molar-refractivity contribution in [2.45, 2.75) is 18.9 Å². The minimum atomic E-state index is -0.579. The number of nitrogens with zero attached hydrogens (tertiary/aromatic N) is 1. The molecule has 1 unspecified atom stereocenters. The van der Waals surface area contributed by atoms with E-state index in [0.717, 1.165) is 12.8 Å². The van der Waals surface area contributed by atoms with Crippen molar-refractivity contribution in [1.29, 1.82) is 0 Å². The third kappa shape index (κ3) is 3.42. The fourth-order valence-electron chi connectivity index (χ4n) is 1.93. The standard InChI is InChI=1S/C12H14ClN3O3/c13-9-3-8(4-10(5-9)16(18)19)12(17)15-11(6-14)7-1-2-7/h3-5,7,11H,1-2,6,14H2,(H,15,17). The van der Waals surface area contributed by atoms with E-state index in [1.807, 2.05) is 0 Å². The van der Waals surface area contributed by atoms with Crippen molar-refractivity contribution in [3.05, 3.63) is 38.9 Å². The van der Waals surface area contributed by atoms with Gasteiger partial charge < -0.3 is 11.1 Å².